The van der Waals surface area contributed by atoms with Crippen LogP contribution in [0.1, 0.15) is 11.3 Å². The summed E-state index contributed by atoms with van der Waals surface area (Å²) in [5.41, 5.74) is 2.04. The van der Waals surface area contributed by atoms with E-state index < -0.39 is 0 Å². The van der Waals surface area contributed by atoms with Gasteiger partial charge in [-0.2, -0.15) is 0 Å². The monoisotopic (exact) mass is 327 g/mol. The summed E-state index contributed by atoms with van der Waals surface area (Å²) in [6.07, 6.45) is 2.84. The quantitative estimate of drug-likeness (QED) is 0.737. The average molecular weight is 327 g/mol. The Morgan fingerprint density at radius 3 is 3.17 bits per heavy atom. The maximum atomic E-state index is 12.0. The number of hydrogen-bond donors (Lipinski definition) is 0. The smallest absolute Gasteiger partial charge is 0.258 e. The molecular formula is C17H17N3O2S. The molecule has 0 unspecified atom stereocenters. The molecule has 6 heteroatoms. The number of nitrogens with zero attached hydrogens (tertiary/aromatic N) is 3. The molecule has 0 spiro atoms. The molecule has 0 N–H and O–H groups in total. The van der Waals surface area contributed by atoms with Gasteiger partial charge in [-0.25, -0.2) is 4.98 Å². The van der Waals surface area contributed by atoms with Crippen molar-refractivity contribution >= 4 is 16.3 Å². The predicted octanol–water partition coefficient (Wildman–Crippen LogP) is 2.19. The summed E-state index contributed by atoms with van der Waals surface area (Å²) in [5, 5.41) is 1.88. The van der Waals surface area contributed by atoms with Crippen molar-refractivity contribution < 1.29 is 4.74 Å². The normalized spacial score (nSPS) is 16.7. The molecule has 0 saturated heterocycles. The largest absolute Gasteiger partial charge is 0.488 e. The van der Waals surface area contributed by atoms with Gasteiger partial charge in [0.25, 0.3) is 5.56 Å². The molecule has 0 radical (unpaired) electrons. The average Bonchev–Trinajstić information content (AvgIpc) is 3.12. The molecule has 3 aromatic rings. The number of hydrogen-bond acceptors (Lipinski definition) is 5. The summed E-state index contributed by atoms with van der Waals surface area (Å²) >= 11 is 1.48. The molecule has 0 saturated carbocycles. The number of benzene rings is 1. The van der Waals surface area contributed by atoms with Gasteiger partial charge in [0.2, 0.25) is 0 Å². The summed E-state index contributed by atoms with van der Waals surface area (Å²) in [6.45, 7) is 1.44. The third-order valence-corrected chi connectivity index (χ3v) is 4.77. The topological polar surface area (TPSA) is 46.8 Å². The van der Waals surface area contributed by atoms with E-state index in [0.29, 0.717) is 6.54 Å². The maximum absolute atomic E-state index is 12.0. The Balaban J connectivity index is 1.44. The zero-order valence-electron chi connectivity index (χ0n) is 12.8. The molecule has 1 aliphatic rings. The van der Waals surface area contributed by atoms with Crippen LogP contribution in [0.4, 0.5) is 0 Å². The van der Waals surface area contributed by atoms with E-state index >= 15 is 0 Å². The van der Waals surface area contributed by atoms with Gasteiger partial charge in [-0.05, 0) is 18.7 Å². The Kier molecular flexibility index (Phi) is 3.63. The van der Waals surface area contributed by atoms with Crippen molar-refractivity contribution in [1.82, 2.24) is 14.3 Å². The van der Waals surface area contributed by atoms with E-state index in [1.165, 1.54) is 16.9 Å². The Labute approximate surface area is 137 Å². The maximum Gasteiger partial charge on any atom is 0.258 e. The van der Waals surface area contributed by atoms with E-state index in [0.717, 1.165) is 29.4 Å². The van der Waals surface area contributed by atoms with Crippen LogP contribution < -0.4 is 10.3 Å². The number of para-hydroxylation sites is 1. The lowest BCUT2D eigenvalue weighted by atomic mass is 10.1. The van der Waals surface area contributed by atoms with Gasteiger partial charge in [-0.3, -0.25) is 14.1 Å². The van der Waals surface area contributed by atoms with Crippen molar-refractivity contribution in [3.05, 3.63) is 63.5 Å². The van der Waals surface area contributed by atoms with Crippen LogP contribution in [0, 0.1) is 0 Å². The molecule has 0 bridgehead atoms. The molecular weight excluding hydrogens is 310 g/mol. The highest BCUT2D eigenvalue weighted by Crippen LogP contribution is 2.28. The molecule has 5 nitrogen and oxygen atoms in total. The molecule has 118 valence electrons. The third kappa shape index (κ3) is 2.87. The number of rotatable bonds is 4. The van der Waals surface area contributed by atoms with Gasteiger partial charge in [-0.15, -0.1) is 11.3 Å². The van der Waals surface area contributed by atoms with Gasteiger partial charge in [0.05, 0.1) is 5.69 Å². The van der Waals surface area contributed by atoms with E-state index in [2.05, 4.69) is 16.0 Å². The zero-order chi connectivity index (χ0) is 15.8. The number of ether oxygens (including phenoxy) is 1. The first-order chi connectivity index (χ1) is 11.2. The lowest BCUT2D eigenvalue weighted by Gasteiger charge is -2.20. The molecule has 0 fully saturated rings. The summed E-state index contributed by atoms with van der Waals surface area (Å²) in [5.74, 6) is 0.988. The first-order valence-corrected chi connectivity index (χ1v) is 8.46. The van der Waals surface area contributed by atoms with Crippen molar-refractivity contribution in [2.45, 2.75) is 19.1 Å². The summed E-state index contributed by atoms with van der Waals surface area (Å²) in [6, 6.07) is 9.78. The van der Waals surface area contributed by atoms with Crippen molar-refractivity contribution in [3.8, 4) is 5.75 Å². The minimum Gasteiger partial charge on any atom is -0.488 e. The molecule has 4 rings (SSSR count). The second kappa shape index (κ2) is 5.79. The van der Waals surface area contributed by atoms with Crippen molar-refractivity contribution in [2.24, 2.45) is 0 Å². The third-order valence-electron chi connectivity index (χ3n) is 4.02. The first-order valence-electron chi connectivity index (χ1n) is 7.58. The van der Waals surface area contributed by atoms with Crippen LogP contribution in [0.5, 0.6) is 5.75 Å². The Hall–Kier alpha value is -2.18. The second-order valence-electron chi connectivity index (χ2n) is 5.89. The first kappa shape index (κ1) is 14.4. The van der Waals surface area contributed by atoms with Gasteiger partial charge < -0.3 is 4.74 Å². The molecule has 1 atom stereocenters. The van der Waals surface area contributed by atoms with E-state index in [1.54, 1.807) is 16.7 Å². The SMILES string of the molecule is CN(Cc1cc(=O)n2ccsc2n1)C[C@H]1Cc2ccccc2O1. The minimum atomic E-state index is -0.0239. The van der Waals surface area contributed by atoms with Crippen LogP contribution in [0.2, 0.25) is 0 Å². The van der Waals surface area contributed by atoms with Crippen LogP contribution in [0.15, 0.2) is 46.7 Å². The van der Waals surface area contributed by atoms with Crippen molar-refractivity contribution in [3.63, 3.8) is 0 Å². The molecule has 3 heterocycles. The van der Waals surface area contributed by atoms with Gasteiger partial charge in [0.1, 0.15) is 11.9 Å². The van der Waals surface area contributed by atoms with E-state index in [4.69, 9.17) is 4.74 Å². The summed E-state index contributed by atoms with van der Waals surface area (Å²) < 4.78 is 7.55. The fraction of sp³-hybridized carbons (Fsp3) is 0.294. The standard InChI is InChI=1S/C17H17N3O2S/c1-19(11-14-8-12-4-2-3-5-15(12)22-14)10-13-9-16(21)20-6-7-23-17(20)18-13/h2-7,9,14H,8,10-11H2,1H3/t14-/m1/s1. The molecule has 1 aliphatic heterocycles. The van der Waals surface area contributed by atoms with Crippen molar-refractivity contribution in [2.75, 3.05) is 13.6 Å². The fourth-order valence-electron chi connectivity index (χ4n) is 3.01. The molecule has 1 aromatic carbocycles. The van der Waals surface area contributed by atoms with Crippen LogP contribution in [-0.2, 0) is 13.0 Å². The highest BCUT2D eigenvalue weighted by atomic mass is 32.1. The van der Waals surface area contributed by atoms with Crippen LogP contribution in [0.25, 0.3) is 4.96 Å². The Bertz CT molecular complexity index is 877. The Morgan fingerprint density at radius 1 is 1.43 bits per heavy atom. The fourth-order valence-corrected chi connectivity index (χ4v) is 3.75. The number of likely N-dealkylation sites (N-methyl/N-ethyl adjacent to an activating group) is 1. The van der Waals surface area contributed by atoms with E-state index in [-0.39, 0.29) is 11.7 Å². The number of aromatic nitrogens is 2. The lowest BCUT2D eigenvalue weighted by molar-refractivity contribution is 0.164. The minimum absolute atomic E-state index is 0.0239. The van der Waals surface area contributed by atoms with E-state index in [9.17, 15) is 4.79 Å². The highest BCUT2D eigenvalue weighted by Gasteiger charge is 2.23. The van der Waals surface area contributed by atoms with Crippen LogP contribution >= 0.6 is 11.3 Å². The van der Waals surface area contributed by atoms with Gasteiger partial charge in [0, 0.05) is 37.2 Å². The van der Waals surface area contributed by atoms with Gasteiger partial charge in [0.15, 0.2) is 4.96 Å². The Morgan fingerprint density at radius 2 is 2.30 bits per heavy atom. The van der Waals surface area contributed by atoms with Gasteiger partial charge >= 0.3 is 0 Å². The number of thiazole rings is 1. The zero-order valence-corrected chi connectivity index (χ0v) is 13.6. The molecule has 23 heavy (non-hydrogen) atoms. The molecule has 2 aromatic heterocycles. The van der Waals surface area contributed by atoms with Gasteiger partial charge in [-0.1, -0.05) is 18.2 Å². The summed E-state index contributed by atoms with van der Waals surface area (Å²) in [7, 11) is 2.03. The molecule has 0 amide bonds. The van der Waals surface area contributed by atoms with Crippen LogP contribution in [0.3, 0.4) is 0 Å². The second-order valence-corrected chi connectivity index (χ2v) is 6.76. The summed E-state index contributed by atoms with van der Waals surface area (Å²) in [4.78, 5) is 19.5. The number of fused-ring (bicyclic) bond motifs is 2. The predicted molar refractivity (Wildman–Crippen MR) is 90.2 cm³/mol. The molecule has 0 aliphatic carbocycles. The lowest BCUT2D eigenvalue weighted by Crippen LogP contribution is -2.32. The highest BCUT2D eigenvalue weighted by molar-refractivity contribution is 7.15. The van der Waals surface area contributed by atoms with Crippen molar-refractivity contribution in [1.29, 1.82) is 0 Å². The van der Waals surface area contributed by atoms with E-state index in [1.807, 2.05) is 30.6 Å². The van der Waals surface area contributed by atoms with Crippen LogP contribution in [-0.4, -0.2) is 34.0 Å².